The SMILES string of the molecule is CCC(C)N(C)C(=O)C(C)C(C)N. The fourth-order valence-corrected chi connectivity index (χ4v) is 1.04. The highest BCUT2D eigenvalue weighted by atomic mass is 16.2. The predicted molar refractivity (Wildman–Crippen MR) is 55.3 cm³/mol. The summed E-state index contributed by atoms with van der Waals surface area (Å²) in [4.78, 5) is 13.5. The molecule has 0 aliphatic rings. The molecular weight excluding hydrogens is 164 g/mol. The first kappa shape index (κ1) is 12.4. The highest BCUT2D eigenvalue weighted by Crippen LogP contribution is 2.09. The van der Waals surface area contributed by atoms with Gasteiger partial charge in [-0.2, -0.15) is 0 Å². The lowest BCUT2D eigenvalue weighted by molar-refractivity contribution is -0.136. The van der Waals surface area contributed by atoms with Crippen LogP contribution in [0.2, 0.25) is 0 Å². The van der Waals surface area contributed by atoms with Gasteiger partial charge in [-0.15, -0.1) is 0 Å². The van der Waals surface area contributed by atoms with Crippen LogP contribution in [0.3, 0.4) is 0 Å². The fourth-order valence-electron chi connectivity index (χ4n) is 1.04. The number of nitrogens with two attached hydrogens (primary N) is 1. The standard InChI is InChI=1S/C10H22N2O/c1-6-7(2)12(5)10(13)8(3)9(4)11/h7-9H,6,11H2,1-5H3. The van der Waals surface area contributed by atoms with Crippen molar-refractivity contribution in [3.05, 3.63) is 0 Å². The van der Waals surface area contributed by atoms with Gasteiger partial charge in [0.05, 0.1) is 5.92 Å². The smallest absolute Gasteiger partial charge is 0.226 e. The summed E-state index contributed by atoms with van der Waals surface area (Å²) in [5.41, 5.74) is 5.67. The van der Waals surface area contributed by atoms with E-state index >= 15 is 0 Å². The van der Waals surface area contributed by atoms with Crippen LogP contribution in [0.1, 0.15) is 34.1 Å². The van der Waals surface area contributed by atoms with Gasteiger partial charge in [-0.1, -0.05) is 13.8 Å². The van der Waals surface area contributed by atoms with Gasteiger partial charge >= 0.3 is 0 Å². The van der Waals surface area contributed by atoms with Gasteiger partial charge in [-0.25, -0.2) is 0 Å². The van der Waals surface area contributed by atoms with Crippen molar-refractivity contribution in [2.75, 3.05) is 7.05 Å². The Balaban J connectivity index is 4.25. The van der Waals surface area contributed by atoms with Gasteiger partial charge in [-0.05, 0) is 20.3 Å². The molecule has 0 aromatic heterocycles. The average molecular weight is 186 g/mol. The maximum Gasteiger partial charge on any atom is 0.226 e. The van der Waals surface area contributed by atoms with Crippen LogP contribution in [0.25, 0.3) is 0 Å². The minimum atomic E-state index is -0.0843. The summed E-state index contributed by atoms with van der Waals surface area (Å²) in [5, 5.41) is 0. The van der Waals surface area contributed by atoms with Gasteiger partial charge < -0.3 is 10.6 Å². The zero-order valence-corrected chi connectivity index (χ0v) is 9.37. The Morgan fingerprint density at radius 1 is 1.38 bits per heavy atom. The van der Waals surface area contributed by atoms with Crippen molar-refractivity contribution < 1.29 is 4.79 Å². The highest BCUT2D eigenvalue weighted by Gasteiger charge is 2.22. The van der Waals surface area contributed by atoms with Crippen LogP contribution in [0.4, 0.5) is 0 Å². The van der Waals surface area contributed by atoms with Gasteiger partial charge in [-0.3, -0.25) is 4.79 Å². The number of hydrogen-bond donors (Lipinski definition) is 1. The van der Waals surface area contributed by atoms with E-state index in [1.54, 1.807) is 4.90 Å². The summed E-state index contributed by atoms with van der Waals surface area (Å²) in [6, 6.07) is 0.229. The lowest BCUT2D eigenvalue weighted by atomic mass is 10.0. The summed E-state index contributed by atoms with van der Waals surface area (Å²) in [6.45, 7) is 7.87. The Morgan fingerprint density at radius 2 is 1.85 bits per heavy atom. The van der Waals surface area contributed by atoms with Crippen molar-refractivity contribution in [3.63, 3.8) is 0 Å². The lowest BCUT2D eigenvalue weighted by Crippen LogP contribution is -2.43. The molecule has 0 bridgehead atoms. The number of rotatable bonds is 4. The third kappa shape index (κ3) is 3.35. The van der Waals surface area contributed by atoms with Gasteiger partial charge in [0.1, 0.15) is 0 Å². The molecule has 0 heterocycles. The van der Waals surface area contributed by atoms with Crippen LogP contribution in [-0.4, -0.2) is 29.9 Å². The Morgan fingerprint density at radius 3 is 2.15 bits per heavy atom. The summed E-state index contributed by atoms with van der Waals surface area (Å²) in [7, 11) is 1.84. The Hall–Kier alpha value is -0.570. The molecule has 0 aromatic rings. The van der Waals surface area contributed by atoms with E-state index in [2.05, 4.69) is 6.92 Å². The molecule has 0 rings (SSSR count). The molecule has 3 unspecified atom stereocenters. The summed E-state index contributed by atoms with van der Waals surface area (Å²) < 4.78 is 0. The first-order valence-corrected chi connectivity index (χ1v) is 4.94. The van der Waals surface area contributed by atoms with Gasteiger partial charge in [0.2, 0.25) is 5.91 Å². The molecule has 0 fully saturated rings. The monoisotopic (exact) mass is 186 g/mol. The first-order valence-electron chi connectivity index (χ1n) is 4.94. The largest absolute Gasteiger partial charge is 0.343 e. The second-order valence-electron chi connectivity index (χ2n) is 3.85. The molecule has 0 aliphatic heterocycles. The van der Waals surface area contributed by atoms with E-state index in [1.807, 2.05) is 27.8 Å². The second kappa shape index (κ2) is 5.22. The summed E-state index contributed by atoms with van der Waals surface area (Å²) in [5.74, 6) is 0.0587. The Labute approximate surface area is 81.3 Å². The normalized spacial score (nSPS) is 17.7. The van der Waals surface area contributed by atoms with E-state index in [0.29, 0.717) is 6.04 Å². The van der Waals surface area contributed by atoms with Crippen molar-refractivity contribution in [2.24, 2.45) is 11.7 Å². The van der Waals surface area contributed by atoms with Crippen LogP contribution >= 0.6 is 0 Å². The van der Waals surface area contributed by atoms with E-state index in [9.17, 15) is 4.79 Å². The van der Waals surface area contributed by atoms with Crippen LogP contribution < -0.4 is 5.73 Å². The quantitative estimate of drug-likeness (QED) is 0.717. The average Bonchev–Trinajstić information content (AvgIpc) is 2.12. The zero-order chi connectivity index (χ0) is 10.6. The van der Waals surface area contributed by atoms with Crippen molar-refractivity contribution in [2.45, 2.75) is 46.2 Å². The fraction of sp³-hybridized carbons (Fsp3) is 0.900. The molecule has 0 saturated heterocycles. The lowest BCUT2D eigenvalue weighted by Gasteiger charge is -2.28. The molecule has 0 saturated carbocycles. The third-order valence-electron chi connectivity index (χ3n) is 2.78. The highest BCUT2D eigenvalue weighted by molar-refractivity contribution is 5.79. The maximum absolute atomic E-state index is 11.7. The van der Waals surface area contributed by atoms with Gasteiger partial charge in [0.15, 0.2) is 0 Å². The molecule has 3 atom stereocenters. The summed E-state index contributed by atoms with van der Waals surface area (Å²) >= 11 is 0. The molecule has 0 aliphatic carbocycles. The molecule has 78 valence electrons. The number of amides is 1. The molecule has 0 radical (unpaired) electrons. The molecule has 0 spiro atoms. The van der Waals surface area contributed by atoms with Crippen molar-refractivity contribution >= 4 is 5.91 Å². The van der Waals surface area contributed by atoms with E-state index < -0.39 is 0 Å². The second-order valence-corrected chi connectivity index (χ2v) is 3.85. The van der Waals surface area contributed by atoms with Crippen LogP contribution in [0.15, 0.2) is 0 Å². The van der Waals surface area contributed by atoms with E-state index in [-0.39, 0.29) is 17.9 Å². The van der Waals surface area contributed by atoms with E-state index in [1.165, 1.54) is 0 Å². The molecular formula is C10H22N2O. The Kier molecular flexibility index (Phi) is 4.99. The topological polar surface area (TPSA) is 46.3 Å². The molecule has 3 nitrogen and oxygen atoms in total. The third-order valence-corrected chi connectivity index (χ3v) is 2.78. The van der Waals surface area contributed by atoms with Crippen molar-refractivity contribution in [1.82, 2.24) is 4.90 Å². The minimum absolute atomic E-state index is 0.0704. The zero-order valence-electron chi connectivity index (χ0n) is 9.37. The maximum atomic E-state index is 11.7. The molecule has 13 heavy (non-hydrogen) atoms. The molecule has 0 aromatic carbocycles. The minimum Gasteiger partial charge on any atom is -0.343 e. The predicted octanol–water partition coefficient (Wildman–Crippen LogP) is 1.23. The number of hydrogen-bond acceptors (Lipinski definition) is 2. The van der Waals surface area contributed by atoms with Crippen molar-refractivity contribution in [1.29, 1.82) is 0 Å². The number of carbonyl (C=O) groups excluding carboxylic acids is 1. The summed E-state index contributed by atoms with van der Waals surface area (Å²) in [6.07, 6.45) is 0.980. The van der Waals surface area contributed by atoms with E-state index in [4.69, 9.17) is 5.73 Å². The number of nitrogens with zero attached hydrogens (tertiary/aromatic N) is 1. The molecule has 2 N–H and O–H groups in total. The first-order chi connectivity index (χ1) is 5.91. The van der Waals surface area contributed by atoms with Crippen LogP contribution in [-0.2, 0) is 4.79 Å². The molecule has 1 amide bonds. The Bertz CT molecular complexity index is 168. The van der Waals surface area contributed by atoms with Gasteiger partial charge in [0, 0.05) is 19.1 Å². The van der Waals surface area contributed by atoms with Crippen LogP contribution in [0, 0.1) is 5.92 Å². The molecule has 3 heteroatoms. The van der Waals surface area contributed by atoms with Crippen LogP contribution in [0.5, 0.6) is 0 Å². The van der Waals surface area contributed by atoms with Gasteiger partial charge in [0.25, 0.3) is 0 Å². The number of carbonyl (C=O) groups is 1. The van der Waals surface area contributed by atoms with E-state index in [0.717, 1.165) is 6.42 Å². The van der Waals surface area contributed by atoms with Crippen molar-refractivity contribution in [3.8, 4) is 0 Å².